The summed E-state index contributed by atoms with van der Waals surface area (Å²) in [5, 5.41) is 9.65. The van der Waals surface area contributed by atoms with E-state index in [2.05, 4.69) is 22.5 Å². The quantitative estimate of drug-likeness (QED) is 0.878. The Morgan fingerprint density at radius 3 is 3.00 bits per heavy atom. The molecule has 0 atom stereocenters. The molecule has 0 radical (unpaired) electrons. The topological polar surface area (TPSA) is 59.7 Å². The Bertz CT molecular complexity index is 585. The van der Waals surface area contributed by atoms with Crippen LogP contribution in [0.15, 0.2) is 39.7 Å². The fourth-order valence-electron chi connectivity index (χ4n) is 1.47. The average molecular weight is 297 g/mol. The summed E-state index contributed by atoms with van der Waals surface area (Å²) in [6.45, 7) is 3.74. The fourth-order valence-corrected chi connectivity index (χ4v) is 1.83. The van der Waals surface area contributed by atoms with E-state index >= 15 is 0 Å². The third-order valence-electron chi connectivity index (χ3n) is 2.14. The van der Waals surface area contributed by atoms with Gasteiger partial charge in [0.2, 0.25) is 0 Å². The number of hydrogen-bond acceptors (Lipinski definition) is 3. The van der Waals surface area contributed by atoms with Gasteiger partial charge in [-0.25, -0.2) is 4.79 Å². The van der Waals surface area contributed by atoms with Crippen molar-refractivity contribution in [3.63, 3.8) is 0 Å². The Morgan fingerprint density at radius 1 is 1.59 bits per heavy atom. The molecule has 0 saturated carbocycles. The van der Waals surface area contributed by atoms with E-state index in [1.165, 1.54) is 0 Å². The van der Waals surface area contributed by atoms with Crippen LogP contribution in [0.5, 0.6) is 5.75 Å². The summed E-state index contributed by atoms with van der Waals surface area (Å²) in [4.78, 5) is 11.0. The van der Waals surface area contributed by atoms with Gasteiger partial charge < -0.3 is 14.3 Å². The van der Waals surface area contributed by atoms with Gasteiger partial charge in [0.1, 0.15) is 12.2 Å². The molecule has 0 aliphatic carbocycles. The molecule has 0 amide bonds. The lowest BCUT2D eigenvalue weighted by Gasteiger charge is -2.01. The Labute approximate surface area is 106 Å². The smallest absolute Gasteiger partial charge is 0.375 e. The minimum Gasteiger partial charge on any atom is -0.485 e. The number of aromatic carboxylic acids is 1. The van der Waals surface area contributed by atoms with Gasteiger partial charge in [0.05, 0.1) is 5.39 Å². The van der Waals surface area contributed by atoms with Crippen molar-refractivity contribution in [3.05, 3.63) is 41.1 Å². The van der Waals surface area contributed by atoms with Gasteiger partial charge in [0.25, 0.3) is 5.76 Å². The van der Waals surface area contributed by atoms with E-state index in [9.17, 15) is 4.79 Å². The lowest BCUT2D eigenvalue weighted by molar-refractivity contribution is 0.0659. The number of carboxylic acid groups (broad SMARTS) is 1. The summed E-state index contributed by atoms with van der Waals surface area (Å²) in [6.07, 6.45) is 1.54. The zero-order valence-corrected chi connectivity index (χ0v) is 10.4. The van der Waals surface area contributed by atoms with E-state index in [1.54, 1.807) is 24.3 Å². The second-order valence-electron chi connectivity index (χ2n) is 3.31. The Morgan fingerprint density at radius 2 is 2.35 bits per heavy atom. The molecule has 1 heterocycles. The van der Waals surface area contributed by atoms with Crippen molar-refractivity contribution in [3.8, 4) is 5.75 Å². The second kappa shape index (κ2) is 4.63. The van der Waals surface area contributed by atoms with Crippen molar-refractivity contribution in [2.75, 3.05) is 6.61 Å². The van der Waals surface area contributed by atoms with Crippen LogP contribution < -0.4 is 4.74 Å². The number of carboxylic acids is 1. The number of hydrogen-bond donors (Lipinski definition) is 1. The first-order valence-electron chi connectivity index (χ1n) is 4.82. The summed E-state index contributed by atoms with van der Waals surface area (Å²) in [6, 6.07) is 5.21. The van der Waals surface area contributed by atoms with Crippen molar-refractivity contribution in [1.29, 1.82) is 0 Å². The molecule has 88 valence electrons. The number of halogens is 1. The van der Waals surface area contributed by atoms with Gasteiger partial charge in [0.15, 0.2) is 5.75 Å². The minimum absolute atomic E-state index is 0.194. The minimum atomic E-state index is -1.16. The number of fused-ring (bicyclic) bond motifs is 1. The Kier molecular flexibility index (Phi) is 3.19. The van der Waals surface area contributed by atoms with Crippen LogP contribution in [-0.2, 0) is 0 Å². The predicted molar refractivity (Wildman–Crippen MR) is 66.6 cm³/mol. The molecule has 0 saturated heterocycles. The molecular weight excluding hydrogens is 288 g/mol. The standard InChI is InChI=1S/C12H9BrO4/c1-2-5-16-10-8-6-7(13)3-4-9(8)17-11(10)12(14)15/h2-4,6H,1,5H2,(H,14,15). The SMILES string of the molecule is C=CCOc1c(C(=O)O)oc2ccc(Br)cc12. The van der Waals surface area contributed by atoms with E-state index in [0.717, 1.165) is 4.47 Å². The van der Waals surface area contributed by atoms with Crippen LogP contribution >= 0.6 is 15.9 Å². The van der Waals surface area contributed by atoms with Crippen LogP contribution in [-0.4, -0.2) is 17.7 Å². The van der Waals surface area contributed by atoms with E-state index in [1.807, 2.05) is 0 Å². The first-order chi connectivity index (χ1) is 8.13. The summed E-state index contributed by atoms with van der Waals surface area (Å²) >= 11 is 3.32. The summed E-state index contributed by atoms with van der Waals surface area (Å²) in [5.74, 6) is -1.12. The molecule has 1 N–H and O–H groups in total. The summed E-state index contributed by atoms with van der Waals surface area (Å²) in [5.41, 5.74) is 0.477. The van der Waals surface area contributed by atoms with Crippen LogP contribution in [0, 0.1) is 0 Å². The molecule has 2 aromatic rings. The first kappa shape index (κ1) is 11.7. The highest BCUT2D eigenvalue weighted by Gasteiger charge is 2.21. The predicted octanol–water partition coefficient (Wildman–Crippen LogP) is 3.46. The number of benzene rings is 1. The average Bonchev–Trinajstić information content (AvgIpc) is 2.64. The third kappa shape index (κ3) is 2.19. The number of rotatable bonds is 4. The highest BCUT2D eigenvalue weighted by Crippen LogP contribution is 2.34. The monoisotopic (exact) mass is 296 g/mol. The van der Waals surface area contributed by atoms with Gasteiger partial charge >= 0.3 is 5.97 Å². The second-order valence-corrected chi connectivity index (χ2v) is 4.22. The van der Waals surface area contributed by atoms with Gasteiger partial charge in [-0.2, -0.15) is 0 Å². The van der Waals surface area contributed by atoms with Crippen molar-refractivity contribution in [2.24, 2.45) is 0 Å². The van der Waals surface area contributed by atoms with Gasteiger partial charge in [-0.15, -0.1) is 0 Å². The molecule has 0 fully saturated rings. The Hall–Kier alpha value is -1.75. The van der Waals surface area contributed by atoms with Crippen LogP contribution in [0.4, 0.5) is 0 Å². The molecule has 0 unspecified atom stereocenters. The zero-order valence-electron chi connectivity index (χ0n) is 8.77. The third-order valence-corrected chi connectivity index (χ3v) is 2.64. The molecule has 0 aliphatic heterocycles. The molecule has 5 heteroatoms. The summed E-state index contributed by atoms with van der Waals surface area (Å²) < 4.78 is 11.4. The number of ether oxygens (including phenoxy) is 1. The van der Waals surface area contributed by atoms with Crippen molar-refractivity contribution >= 4 is 32.9 Å². The molecule has 2 rings (SSSR count). The van der Waals surface area contributed by atoms with Gasteiger partial charge in [-0.3, -0.25) is 0 Å². The molecule has 4 nitrogen and oxygen atoms in total. The molecule has 0 aliphatic rings. The zero-order chi connectivity index (χ0) is 12.4. The van der Waals surface area contributed by atoms with Gasteiger partial charge in [0, 0.05) is 4.47 Å². The van der Waals surface area contributed by atoms with E-state index in [0.29, 0.717) is 11.0 Å². The van der Waals surface area contributed by atoms with Gasteiger partial charge in [-0.1, -0.05) is 28.6 Å². The molecule has 17 heavy (non-hydrogen) atoms. The van der Waals surface area contributed by atoms with Crippen molar-refractivity contribution in [2.45, 2.75) is 0 Å². The molecule has 1 aromatic carbocycles. The lowest BCUT2D eigenvalue weighted by atomic mass is 10.2. The molecule has 1 aromatic heterocycles. The van der Waals surface area contributed by atoms with Crippen molar-refractivity contribution < 1.29 is 19.1 Å². The highest BCUT2D eigenvalue weighted by molar-refractivity contribution is 9.10. The van der Waals surface area contributed by atoms with Crippen LogP contribution in [0.2, 0.25) is 0 Å². The van der Waals surface area contributed by atoms with Gasteiger partial charge in [-0.05, 0) is 18.2 Å². The summed E-state index contributed by atoms with van der Waals surface area (Å²) in [7, 11) is 0. The fraction of sp³-hybridized carbons (Fsp3) is 0.0833. The normalized spacial score (nSPS) is 10.4. The molecule has 0 bridgehead atoms. The van der Waals surface area contributed by atoms with Crippen LogP contribution in [0.3, 0.4) is 0 Å². The largest absolute Gasteiger partial charge is 0.485 e. The maximum Gasteiger partial charge on any atom is 0.375 e. The lowest BCUT2D eigenvalue weighted by Crippen LogP contribution is -2.00. The Balaban J connectivity index is 2.63. The van der Waals surface area contributed by atoms with E-state index < -0.39 is 5.97 Å². The van der Waals surface area contributed by atoms with Crippen LogP contribution in [0.25, 0.3) is 11.0 Å². The van der Waals surface area contributed by atoms with E-state index in [-0.39, 0.29) is 18.1 Å². The maximum atomic E-state index is 11.0. The maximum absolute atomic E-state index is 11.0. The molecule has 0 spiro atoms. The molecular formula is C12H9BrO4. The van der Waals surface area contributed by atoms with Crippen LogP contribution in [0.1, 0.15) is 10.6 Å². The number of furan rings is 1. The highest BCUT2D eigenvalue weighted by atomic mass is 79.9. The number of carbonyl (C=O) groups is 1. The van der Waals surface area contributed by atoms with E-state index in [4.69, 9.17) is 14.3 Å². The van der Waals surface area contributed by atoms with Crippen molar-refractivity contribution in [1.82, 2.24) is 0 Å². The first-order valence-corrected chi connectivity index (χ1v) is 5.62.